The first kappa shape index (κ1) is 31.1. The number of aliphatic hydroxyl groups excluding tert-OH is 1. The van der Waals surface area contributed by atoms with E-state index in [4.69, 9.17) is 18.9 Å². The van der Waals surface area contributed by atoms with Gasteiger partial charge in [0.25, 0.3) is 0 Å². The van der Waals surface area contributed by atoms with Crippen LogP contribution in [0.1, 0.15) is 75.8 Å². The van der Waals surface area contributed by atoms with Crippen LogP contribution in [0.4, 0.5) is 0 Å². The zero-order chi connectivity index (χ0) is 32.4. The smallest absolute Gasteiger partial charge is 0.202 e. The fraction of sp³-hybridized carbons (Fsp3) is 0.500. The maximum atomic E-state index is 13.8. The van der Waals surface area contributed by atoms with Gasteiger partial charge in [-0.15, -0.1) is 0 Å². The lowest BCUT2D eigenvalue weighted by atomic mass is 9.72. The van der Waals surface area contributed by atoms with Crippen LogP contribution >= 0.6 is 0 Å². The van der Waals surface area contributed by atoms with E-state index in [9.17, 15) is 40.1 Å². The molecule has 2 heterocycles. The van der Waals surface area contributed by atoms with E-state index in [1.54, 1.807) is 6.92 Å². The summed E-state index contributed by atoms with van der Waals surface area (Å²) in [6.07, 6.45) is -4.80. The van der Waals surface area contributed by atoms with Gasteiger partial charge >= 0.3 is 0 Å². The van der Waals surface area contributed by atoms with Gasteiger partial charge in [-0.25, -0.2) is 0 Å². The van der Waals surface area contributed by atoms with Crippen LogP contribution in [0.2, 0.25) is 0 Å². The zero-order valence-corrected chi connectivity index (χ0v) is 25.0. The first-order valence-electron chi connectivity index (χ1n) is 14.7. The highest BCUT2D eigenvalue weighted by atomic mass is 16.7. The second-order valence-electron chi connectivity index (χ2n) is 12.0. The molecule has 6 rings (SSSR count). The molecule has 2 aromatic carbocycles. The number of aromatic hydroxyl groups is 2. The van der Waals surface area contributed by atoms with E-state index in [0.29, 0.717) is 13.2 Å². The number of aliphatic hydroxyl groups is 2. The Hall–Kier alpha value is -3.90. The number of benzene rings is 2. The third-order valence-corrected chi connectivity index (χ3v) is 9.47. The minimum atomic E-state index is -2.05. The summed E-state index contributed by atoms with van der Waals surface area (Å²) in [4.78, 5) is 42.1. The van der Waals surface area contributed by atoms with Crippen LogP contribution in [-0.2, 0) is 25.4 Å². The van der Waals surface area contributed by atoms with E-state index in [0.717, 1.165) is 0 Å². The van der Waals surface area contributed by atoms with Gasteiger partial charge in [0.1, 0.15) is 28.9 Å². The molecule has 0 unspecified atom stereocenters. The number of morpholine rings is 1. The van der Waals surface area contributed by atoms with Crippen LogP contribution in [-0.4, -0.2) is 106 Å². The van der Waals surface area contributed by atoms with Crippen molar-refractivity contribution < 1.29 is 53.8 Å². The molecule has 0 amide bonds. The molecule has 0 spiro atoms. The van der Waals surface area contributed by atoms with Crippen molar-refractivity contribution in [2.75, 3.05) is 26.9 Å². The number of hydrogen-bond donors (Lipinski definition) is 4. The minimum Gasteiger partial charge on any atom is -0.507 e. The van der Waals surface area contributed by atoms with E-state index >= 15 is 0 Å². The van der Waals surface area contributed by atoms with Gasteiger partial charge in [0, 0.05) is 48.5 Å². The standard InChI is InChI=1S/C32H34N2O11/c1-14-27(36)19(34-7-8-43-13-16(34)12-33)9-22(44-14)45-21-11-32(41,15(2)35)10-18-24(21)31(40)26-25(29(18)38)28(37)17-5-4-6-20(42-3)23(17)30(26)39/h4-6,14,16,19,21-22,27,36,38,40-41H,7-11,13H2,1-3H3/t14-,16+,19-,21-,22-,27+,32-/m0/s1. The summed E-state index contributed by atoms with van der Waals surface area (Å²) in [6, 6.07) is 5.44. The Morgan fingerprint density at radius 2 is 1.89 bits per heavy atom. The maximum Gasteiger partial charge on any atom is 0.202 e. The normalized spacial score (nSPS) is 31.4. The quantitative estimate of drug-likeness (QED) is 0.298. The molecule has 2 aromatic rings. The number of Topliss-reactive ketones (excluding diaryl/α,β-unsaturated/α-hetero) is 1. The largest absolute Gasteiger partial charge is 0.507 e. The molecule has 45 heavy (non-hydrogen) atoms. The van der Waals surface area contributed by atoms with E-state index < -0.39 is 88.7 Å². The molecule has 2 aliphatic heterocycles. The Balaban J connectivity index is 1.44. The monoisotopic (exact) mass is 622 g/mol. The number of phenolic OH excluding ortho intramolecular Hbond substituents is 2. The number of methoxy groups -OCH3 is 1. The molecule has 4 aliphatic rings. The average molecular weight is 623 g/mol. The molecule has 13 heteroatoms. The maximum absolute atomic E-state index is 13.8. The summed E-state index contributed by atoms with van der Waals surface area (Å²) in [5, 5.41) is 55.4. The summed E-state index contributed by atoms with van der Waals surface area (Å²) in [5.74, 6) is -3.27. The third kappa shape index (κ3) is 4.89. The van der Waals surface area contributed by atoms with Gasteiger partial charge in [-0.1, -0.05) is 12.1 Å². The Kier molecular flexibility index (Phi) is 7.93. The molecule has 0 saturated carbocycles. The molecule has 2 aliphatic carbocycles. The van der Waals surface area contributed by atoms with Crippen molar-refractivity contribution in [2.24, 2.45) is 0 Å². The highest BCUT2D eigenvalue weighted by molar-refractivity contribution is 6.31. The van der Waals surface area contributed by atoms with Crippen molar-refractivity contribution in [3.05, 3.63) is 51.6 Å². The van der Waals surface area contributed by atoms with E-state index in [1.165, 1.54) is 32.2 Å². The Bertz CT molecular complexity index is 1630. The third-order valence-electron chi connectivity index (χ3n) is 9.47. The van der Waals surface area contributed by atoms with Gasteiger partial charge < -0.3 is 39.4 Å². The molecule has 0 aromatic heterocycles. The minimum absolute atomic E-state index is 0.0279. The number of phenols is 2. The lowest BCUT2D eigenvalue weighted by Crippen LogP contribution is -2.60. The van der Waals surface area contributed by atoms with Gasteiger partial charge in [0.15, 0.2) is 17.9 Å². The first-order valence-corrected chi connectivity index (χ1v) is 14.7. The number of fused-ring (bicyclic) bond motifs is 3. The van der Waals surface area contributed by atoms with Crippen molar-refractivity contribution in [2.45, 2.75) is 75.4 Å². The average Bonchev–Trinajstić information content (AvgIpc) is 3.02. The van der Waals surface area contributed by atoms with Crippen LogP contribution < -0.4 is 4.74 Å². The number of carbonyl (C=O) groups is 3. The second-order valence-corrected chi connectivity index (χ2v) is 12.0. The molecule has 238 valence electrons. The van der Waals surface area contributed by atoms with Crippen molar-refractivity contribution in [1.82, 2.24) is 4.90 Å². The van der Waals surface area contributed by atoms with Gasteiger partial charge in [-0.3, -0.25) is 19.3 Å². The topological polar surface area (TPSA) is 196 Å². The number of hydrogen-bond acceptors (Lipinski definition) is 13. The number of ether oxygens (including phenoxy) is 4. The summed E-state index contributed by atoms with van der Waals surface area (Å²) in [6.45, 7) is 3.74. The molecule has 7 atom stereocenters. The lowest BCUT2D eigenvalue weighted by Gasteiger charge is -2.47. The zero-order valence-electron chi connectivity index (χ0n) is 25.0. The summed E-state index contributed by atoms with van der Waals surface area (Å²) in [7, 11) is 1.34. The molecule has 0 bridgehead atoms. The van der Waals surface area contributed by atoms with Crippen molar-refractivity contribution in [3.8, 4) is 23.3 Å². The number of carbonyl (C=O) groups excluding carboxylic acids is 3. The predicted octanol–water partition coefficient (Wildman–Crippen LogP) is 1.29. The molecular weight excluding hydrogens is 588 g/mol. The van der Waals surface area contributed by atoms with Crippen molar-refractivity contribution in [3.63, 3.8) is 0 Å². The van der Waals surface area contributed by atoms with Crippen LogP contribution in [0.15, 0.2) is 18.2 Å². The van der Waals surface area contributed by atoms with E-state index in [-0.39, 0.29) is 47.5 Å². The fourth-order valence-corrected chi connectivity index (χ4v) is 7.06. The van der Waals surface area contributed by atoms with Crippen molar-refractivity contribution >= 4 is 17.3 Å². The molecule has 2 fully saturated rings. The van der Waals surface area contributed by atoms with Crippen LogP contribution in [0, 0.1) is 11.3 Å². The predicted molar refractivity (Wildman–Crippen MR) is 153 cm³/mol. The number of nitriles is 1. The van der Waals surface area contributed by atoms with Gasteiger partial charge in [-0.2, -0.15) is 5.26 Å². The molecule has 13 nitrogen and oxygen atoms in total. The van der Waals surface area contributed by atoms with Gasteiger partial charge in [0.2, 0.25) is 5.78 Å². The summed E-state index contributed by atoms with van der Waals surface area (Å²) < 4.78 is 23.1. The molecular formula is C32H34N2O11. The number of rotatable bonds is 5. The molecule has 4 N–H and O–H groups in total. The SMILES string of the molecule is COc1cccc2c1C(=O)c1c(O)c3c(c(O)c1C2=O)C[C@@](O)(C(C)=O)C[C@@H]3O[C@H]1C[C@H](N2CCOC[C@H]2C#N)[C@H](O)[C@H](C)O1. The van der Waals surface area contributed by atoms with Gasteiger partial charge in [-0.05, 0) is 19.9 Å². The summed E-state index contributed by atoms with van der Waals surface area (Å²) in [5.41, 5.74) is -3.19. The fourth-order valence-electron chi connectivity index (χ4n) is 7.06. The van der Waals surface area contributed by atoms with E-state index in [1.807, 2.05) is 4.90 Å². The Morgan fingerprint density at radius 1 is 1.16 bits per heavy atom. The number of nitrogens with zero attached hydrogens (tertiary/aromatic N) is 2. The highest BCUT2D eigenvalue weighted by Gasteiger charge is 2.50. The molecule has 0 radical (unpaired) electrons. The van der Waals surface area contributed by atoms with Crippen molar-refractivity contribution in [1.29, 1.82) is 5.26 Å². The van der Waals surface area contributed by atoms with Crippen LogP contribution in [0.5, 0.6) is 17.2 Å². The Morgan fingerprint density at radius 3 is 2.58 bits per heavy atom. The van der Waals surface area contributed by atoms with Gasteiger partial charge in [0.05, 0.1) is 61.4 Å². The lowest BCUT2D eigenvalue weighted by molar-refractivity contribution is -0.262. The van der Waals surface area contributed by atoms with E-state index in [2.05, 4.69) is 6.07 Å². The second kappa shape index (κ2) is 11.5. The Labute approximate surface area is 258 Å². The highest BCUT2D eigenvalue weighted by Crippen LogP contribution is 2.52. The first-order chi connectivity index (χ1) is 21.4. The molecule has 2 saturated heterocycles. The van der Waals surface area contributed by atoms with Crippen LogP contribution in [0.25, 0.3) is 0 Å². The van der Waals surface area contributed by atoms with Crippen LogP contribution in [0.3, 0.4) is 0 Å². The number of ketones is 3. The summed E-state index contributed by atoms with van der Waals surface area (Å²) >= 11 is 0.